The van der Waals surface area contributed by atoms with Gasteiger partial charge in [-0.15, -0.1) is 0 Å². The van der Waals surface area contributed by atoms with E-state index in [-0.39, 0.29) is 0 Å². The molecule has 3 heteroatoms. The second-order valence-electron chi connectivity index (χ2n) is 2.52. The van der Waals surface area contributed by atoms with Gasteiger partial charge in [-0.25, -0.2) is 0 Å². The van der Waals surface area contributed by atoms with E-state index in [2.05, 4.69) is 10.3 Å². The second-order valence-corrected chi connectivity index (χ2v) is 2.52. The minimum atomic E-state index is 0.317. The third-order valence-electron chi connectivity index (χ3n) is 1.45. The van der Waals surface area contributed by atoms with Crippen molar-refractivity contribution in [2.45, 2.75) is 13.0 Å². The smallest absolute Gasteiger partial charge is 0.0373 e. The van der Waals surface area contributed by atoms with Gasteiger partial charge in [0.05, 0.1) is 0 Å². The second kappa shape index (κ2) is 3.93. The SMILES string of the molecule is CC(CN)Nc1ccncc1. The predicted molar refractivity (Wildman–Crippen MR) is 46.4 cm³/mol. The van der Waals surface area contributed by atoms with Crippen molar-refractivity contribution in [2.75, 3.05) is 11.9 Å². The van der Waals surface area contributed by atoms with Crippen LogP contribution in [0.3, 0.4) is 0 Å². The van der Waals surface area contributed by atoms with E-state index in [9.17, 15) is 0 Å². The molecule has 0 bridgehead atoms. The first-order chi connectivity index (χ1) is 5.33. The third-order valence-corrected chi connectivity index (χ3v) is 1.45. The van der Waals surface area contributed by atoms with Gasteiger partial charge in [-0.2, -0.15) is 0 Å². The summed E-state index contributed by atoms with van der Waals surface area (Å²) in [5, 5.41) is 3.23. The van der Waals surface area contributed by atoms with E-state index in [1.54, 1.807) is 12.4 Å². The fourth-order valence-corrected chi connectivity index (χ4v) is 0.792. The molecule has 0 aliphatic rings. The molecule has 0 amide bonds. The Morgan fingerprint density at radius 3 is 2.73 bits per heavy atom. The van der Waals surface area contributed by atoms with E-state index in [1.807, 2.05) is 19.1 Å². The minimum Gasteiger partial charge on any atom is -0.381 e. The summed E-state index contributed by atoms with van der Waals surface area (Å²) < 4.78 is 0. The summed E-state index contributed by atoms with van der Waals surface area (Å²) in [4.78, 5) is 3.91. The highest BCUT2D eigenvalue weighted by Crippen LogP contribution is 2.04. The fourth-order valence-electron chi connectivity index (χ4n) is 0.792. The predicted octanol–water partition coefficient (Wildman–Crippen LogP) is 0.841. The average Bonchev–Trinajstić information content (AvgIpc) is 2.06. The van der Waals surface area contributed by atoms with Crippen LogP contribution in [0.1, 0.15) is 6.92 Å². The molecule has 0 aliphatic heterocycles. The zero-order valence-electron chi connectivity index (χ0n) is 6.62. The monoisotopic (exact) mass is 151 g/mol. The summed E-state index contributed by atoms with van der Waals surface area (Å²) in [6.07, 6.45) is 3.51. The van der Waals surface area contributed by atoms with Crippen molar-refractivity contribution in [3.8, 4) is 0 Å². The Morgan fingerprint density at radius 1 is 1.55 bits per heavy atom. The van der Waals surface area contributed by atoms with Gasteiger partial charge in [-0.1, -0.05) is 0 Å². The van der Waals surface area contributed by atoms with Gasteiger partial charge in [0.15, 0.2) is 0 Å². The standard InChI is InChI=1S/C8H13N3/c1-7(6-9)11-8-2-4-10-5-3-8/h2-5,7H,6,9H2,1H3,(H,10,11). The van der Waals surface area contributed by atoms with Crippen molar-refractivity contribution in [1.29, 1.82) is 0 Å². The maximum absolute atomic E-state index is 5.44. The van der Waals surface area contributed by atoms with Crippen LogP contribution in [0.4, 0.5) is 5.69 Å². The Morgan fingerprint density at radius 2 is 2.18 bits per heavy atom. The molecule has 0 aromatic carbocycles. The number of aromatic nitrogens is 1. The molecule has 1 heterocycles. The molecule has 0 saturated heterocycles. The maximum atomic E-state index is 5.44. The largest absolute Gasteiger partial charge is 0.381 e. The molecule has 1 aromatic heterocycles. The summed E-state index contributed by atoms with van der Waals surface area (Å²) >= 11 is 0. The summed E-state index contributed by atoms with van der Waals surface area (Å²) in [6.45, 7) is 2.68. The molecule has 0 fully saturated rings. The van der Waals surface area contributed by atoms with Crippen LogP contribution in [-0.2, 0) is 0 Å². The minimum absolute atomic E-state index is 0.317. The van der Waals surface area contributed by atoms with Crippen molar-refractivity contribution >= 4 is 5.69 Å². The number of nitrogens with two attached hydrogens (primary N) is 1. The van der Waals surface area contributed by atoms with Crippen LogP contribution in [0, 0.1) is 0 Å². The van der Waals surface area contributed by atoms with Gasteiger partial charge < -0.3 is 11.1 Å². The molecule has 3 nitrogen and oxygen atoms in total. The van der Waals surface area contributed by atoms with Gasteiger partial charge in [0.1, 0.15) is 0 Å². The lowest BCUT2D eigenvalue weighted by Gasteiger charge is -2.11. The Balaban J connectivity index is 2.51. The van der Waals surface area contributed by atoms with Crippen molar-refractivity contribution in [3.63, 3.8) is 0 Å². The van der Waals surface area contributed by atoms with E-state index >= 15 is 0 Å². The van der Waals surface area contributed by atoms with Gasteiger partial charge in [-0.05, 0) is 19.1 Å². The number of nitrogens with zero attached hydrogens (tertiary/aromatic N) is 1. The normalized spacial score (nSPS) is 12.5. The van der Waals surface area contributed by atoms with Crippen LogP contribution in [0.2, 0.25) is 0 Å². The van der Waals surface area contributed by atoms with Gasteiger partial charge in [0.25, 0.3) is 0 Å². The number of anilines is 1. The highest BCUT2D eigenvalue weighted by Gasteiger charge is 1.96. The quantitative estimate of drug-likeness (QED) is 0.673. The number of nitrogens with one attached hydrogen (secondary N) is 1. The maximum Gasteiger partial charge on any atom is 0.0373 e. The summed E-state index contributed by atoms with van der Waals surface area (Å²) in [5.74, 6) is 0. The van der Waals surface area contributed by atoms with Crippen molar-refractivity contribution in [1.82, 2.24) is 4.98 Å². The molecule has 1 unspecified atom stereocenters. The molecule has 0 saturated carbocycles. The van der Waals surface area contributed by atoms with Crippen molar-refractivity contribution in [3.05, 3.63) is 24.5 Å². The van der Waals surface area contributed by atoms with Crippen molar-refractivity contribution in [2.24, 2.45) is 5.73 Å². The third kappa shape index (κ3) is 2.55. The van der Waals surface area contributed by atoms with Gasteiger partial charge in [-0.3, -0.25) is 4.98 Å². The molecule has 1 atom stereocenters. The Labute approximate surface area is 66.6 Å². The molecule has 1 rings (SSSR count). The molecular formula is C8H13N3. The van der Waals surface area contributed by atoms with E-state index in [0.29, 0.717) is 12.6 Å². The summed E-state index contributed by atoms with van der Waals surface area (Å²) in [7, 11) is 0. The Kier molecular flexibility index (Phi) is 2.86. The Bertz CT molecular complexity index is 198. The van der Waals surface area contributed by atoms with Crippen LogP contribution in [0.25, 0.3) is 0 Å². The van der Waals surface area contributed by atoms with Gasteiger partial charge in [0, 0.05) is 30.7 Å². The molecule has 0 radical (unpaired) electrons. The van der Waals surface area contributed by atoms with E-state index in [1.165, 1.54) is 0 Å². The van der Waals surface area contributed by atoms with Crippen molar-refractivity contribution < 1.29 is 0 Å². The molecule has 0 aliphatic carbocycles. The molecule has 1 aromatic rings. The molecule has 60 valence electrons. The lowest BCUT2D eigenvalue weighted by molar-refractivity contribution is 0.804. The Hall–Kier alpha value is -1.09. The molecule has 11 heavy (non-hydrogen) atoms. The van der Waals surface area contributed by atoms with Crippen LogP contribution < -0.4 is 11.1 Å². The van der Waals surface area contributed by atoms with Crippen LogP contribution >= 0.6 is 0 Å². The molecule has 0 spiro atoms. The average molecular weight is 151 g/mol. The lowest BCUT2D eigenvalue weighted by atomic mass is 10.3. The first kappa shape index (κ1) is 8.01. The van der Waals surface area contributed by atoms with E-state index < -0.39 is 0 Å². The zero-order valence-corrected chi connectivity index (χ0v) is 6.62. The van der Waals surface area contributed by atoms with Gasteiger partial charge in [0.2, 0.25) is 0 Å². The summed E-state index contributed by atoms with van der Waals surface area (Å²) in [6, 6.07) is 4.16. The van der Waals surface area contributed by atoms with E-state index in [0.717, 1.165) is 5.69 Å². The molecular weight excluding hydrogens is 138 g/mol. The topological polar surface area (TPSA) is 50.9 Å². The van der Waals surface area contributed by atoms with Crippen LogP contribution in [0.15, 0.2) is 24.5 Å². The highest BCUT2D eigenvalue weighted by atomic mass is 14.9. The highest BCUT2D eigenvalue weighted by molar-refractivity contribution is 5.41. The lowest BCUT2D eigenvalue weighted by Crippen LogP contribution is -2.24. The van der Waals surface area contributed by atoms with Gasteiger partial charge >= 0.3 is 0 Å². The molecule has 3 N–H and O–H groups in total. The fraction of sp³-hybridized carbons (Fsp3) is 0.375. The first-order valence-corrected chi connectivity index (χ1v) is 3.69. The van der Waals surface area contributed by atoms with Crippen LogP contribution in [0.5, 0.6) is 0 Å². The zero-order chi connectivity index (χ0) is 8.10. The van der Waals surface area contributed by atoms with Crippen LogP contribution in [-0.4, -0.2) is 17.6 Å². The first-order valence-electron chi connectivity index (χ1n) is 3.69. The summed E-state index contributed by atoms with van der Waals surface area (Å²) in [5.41, 5.74) is 6.51. The number of pyridine rings is 1. The number of hydrogen-bond donors (Lipinski definition) is 2. The number of hydrogen-bond acceptors (Lipinski definition) is 3. The number of rotatable bonds is 3. The van der Waals surface area contributed by atoms with E-state index in [4.69, 9.17) is 5.73 Å².